The van der Waals surface area contributed by atoms with Gasteiger partial charge in [0.05, 0.1) is 5.75 Å². The Morgan fingerprint density at radius 1 is 0.947 bits per heavy atom. The molecular weight excluding hydrogens is 256 g/mol. The summed E-state index contributed by atoms with van der Waals surface area (Å²) in [6.45, 7) is 0.341. The van der Waals surface area contributed by atoms with Crippen LogP contribution in [0, 0.1) is 0 Å². The molecule has 2 rings (SSSR count). The molecule has 0 atom stereocenters. The molecule has 2 aromatic carbocycles. The highest BCUT2D eigenvalue weighted by atomic mass is 32.1. The third-order valence-electron chi connectivity index (χ3n) is 2.94. The maximum atomic E-state index is 11.3. The Bertz CT molecular complexity index is 471. The fraction of sp³-hybridized carbons (Fsp3) is 0.188. The summed E-state index contributed by atoms with van der Waals surface area (Å²) in [5.74, 6) is -0.123. The van der Waals surface area contributed by atoms with Crippen LogP contribution in [0.15, 0.2) is 60.7 Å². The predicted octanol–water partition coefficient (Wildman–Crippen LogP) is 3.29. The van der Waals surface area contributed by atoms with Gasteiger partial charge in [-0.3, -0.25) is 4.79 Å². The zero-order valence-electron chi connectivity index (χ0n) is 10.5. The van der Waals surface area contributed by atoms with Crippen molar-refractivity contribution in [2.45, 2.75) is 5.92 Å². The molecule has 0 aliphatic rings. The zero-order valence-corrected chi connectivity index (χ0v) is 11.4. The van der Waals surface area contributed by atoms with E-state index in [-0.39, 0.29) is 17.6 Å². The van der Waals surface area contributed by atoms with Crippen molar-refractivity contribution >= 4 is 18.6 Å². The van der Waals surface area contributed by atoms with Gasteiger partial charge in [0.15, 0.2) is 0 Å². The van der Waals surface area contributed by atoms with Crippen molar-refractivity contribution in [1.29, 1.82) is 0 Å². The third kappa shape index (κ3) is 3.86. The second kappa shape index (κ2) is 7.00. The van der Waals surface area contributed by atoms with Crippen molar-refractivity contribution in [2.24, 2.45) is 0 Å². The van der Waals surface area contributed by atoms with Crippen molar-refractivity contribution in [2.75, 3.05) is 12.4 Å². The van der Waals surface area contributed by atoms with Crippen molar-refractivity contribution in [3.05, 3.63) is 71.8 Å². The van der Waals surface area contributed by atoms with Crippen LogP contribution in [0.1, 0.15) is 17.0 Å². The van der Waals surface area contributed by atoms with E-state index in [2.05, 4.69) is 12.6 Å². The number of ether oxygens (including phenoxy) is 1. The van der Waals surface area contributed by atoms with Gasteiger partial charge in [0, 0.05) is 5.92 Å². The fourth-order valence-corrected chi connectivity index (χ4v) is 2.07. The van der Waals surface area contributed by atoms with Crippen LogP contribution in [-0.4, -0.2) is 18.3 Å². The van der Waals surface area contributed by atoms with Crippen molar-refractivity contribution < 1.29 is 9.53 Å². The minimum Gasteiger partial charge on any atom is -0.464 e. The molecule has 0 radical (unpaired) electrons. The van der Waals surface area contributed by atoms with E-state index < -0.39 is 0 Å². The molecule has 0 spiro atoms. The summed E-state index contributed by atoms with van der Waals surface area (Å²) in [4.78, 5) is 11.3. The standard InChI is InChI=1S/C16H16O2S/c17-16(12-19)18-11-15(13-7-3-1-4-8-13)14-9-5-2-6-10-14/h1-10,15,19H,11-12H2. The molecule has 0 saturated carbocycles. The molecule has 2 nitrogen and oxygen atoms in total. The highest BCUT2D eigenvalue weighted by Crippen LogP contribution is 2.24. The molecule has 0 heterocycles. The molecule has 3 heteroatoms. The van der Waals surface area contributed by atoms with Gasteiger partial charge in [0.25, 0.3) is 0 Å². The lowest BCUT2D eigenvalue weighted by atomic mass is 9.92. The molecule has 98 valence electrons. The van der Waals surface area contributed by atoms with Gasteiger partial charge in [-0.05, 0) is 11.1 Å². The first-order valence-corrected chi connectivity index (χ1v) is 6.81. The van der Waals surface area contributed by atoms with Gasteiger partial charge in [-0.2, -0.15) is 12.6 Å². The SMILES string of the molecule is O=C(CS)OCC(c1ccccc1)c1ccccc1. The van der Waals surface area contributed by atoms with Gasteiger partial charge in [-0.15, -0.1) is 0 Å². The van der Waals surface area contributed by atoms with Crippen LogP contribution >= 0.6 is 12.6 Å². The molecule has 0 bridgehead atoms. The molecule has 2 aromatic rings. The van der Waals surface area contributed by atoms with Crippen LogP contribution in [-0.2, 0) is 9.53 Å². The summed E-state index contributed by atoms with van der Waals surface area (Å²) < 4.78 is 5.25. The summed E-state index contributed by atoms with van der Waals surface area (Å²) in [6, 6.07) is 20.1. The number of hydrogen-bond donors (Lipinski definition) is 1. The predicted molar refractivity (Wildman–Crippen MR) is 79.5 cm³/mol. The average molecular weight is 272 g/mol. The lowest BCUT2D eigenvalue weighted by Crippen LogP contribution is -2.14. The van der Waals surface area contributed by atoms with Gasteiger partial charge in [0.2, 0.25) is 0 Å². The van der Waals surface area contributed by atoms with Crippen LogP contribution in [0.3, 0.4) is 0 Å². The van der Waals surface area contributed by atoms with Crippen molar-refractivity contribution in [3.8, 4) is 0 Å². The number of carbonyl (C=O) groups excluding carboxylic acids is 1. The highest BCUT2D eigenvalue weighted by molar-refractivity contribution is 7.81. The molecule has 0 unspecified atom stereocenters. The first-order chi connectivity index (χ1) is 9.31. The van der Waals surface area contributed by atoms with Crippen LogP contribution < -0.4 is 0 Å². The molecule has 0 saturated heterocycles. The monoisotopic (exact) mass is 272 g/mol. The highest BCUT2D eigenvalue weighted by Gasteiger charge is 2.15. The summed E-state index contributed by atoms with van der Waals surface area (Å²) in [5, 5.41) is 0. The van der Waals surface area contributed by atoms with E-state index in [1.165, 1.54) is 0 Å². The van der Waals surface area contributed by atoms with Crippen LogP contribution in [0.4, 0.5) is 0 Å². The molecule has 0 aliphatic carbocycles. The smallest absolute Gasteiger partial charge is 0.315 e. The molecule has 0 aromatic heterocycles. The fourth-order valence-electron chi connectivity index (χ4n) is 1.98. The maximum absolute atomic E-state index is 11.3. The molecule has 0 amide bonds. The van der Waals surface area contributed by atoms with E-state index >= 15 is 0 Å². The molecule has 0 N–H and O–H groups in total. The van der Waals surface area contributed by atoms with Gasteiger partial charge in [0.1, 0.15) is 6.61 Å². The normalized spacial score (nSPS) is 10.4. The number of rotatable bonds is 5. The topological polar surface area (TPSA) is 26.3 Å². The number of esters is 1. The first-order valence-electron chi connectivity index (χ1n) is 6.17. The minimum atomic E-state index is -0.291. The van der Waals surface area contributed by atoms with E-state index in [1.54, 1.807) is 0 Å². The number of carbonyl (C=O) groups is 1. The Morgan fingerprint density at radius 3 is 1.84 bits per heavy atom. The Morgan fingerprint density at radius 2 is 1.42 bits per heavy atom. The van der Waals surface area contributed by atoms with Gasteiger partial charge in [-0.1, -0.05) is 60.7 Å². The van der Waals surface area contributed by atoms with Crippen LogP contribution in [0.2, 0.25) is 0 Å². The maximum Gasteiger partial charge on any atom is 0.315 e. The summed E-state index contributed by atoms with van der Waals surface area (Å²) >= 11 is 3.92. The van der Waals surface area contributed by atoms with Crippen molar-refractivity contribution in [3.63, 3.8) is 0 Å². The Labute approximate surface area is 118 Å². The number of thiol groups is 1. The van der Waals surface area contributed by atoms with Gasteiger partial charge in [-0.25, -0.2) is 0 Å². The Kier molecular flexibility index (Phi) is 5.04. The quantitative estimate of drug-likeness (QED) is 0.668. The summed E-state index contributed by atoms with van der Waals surface area (Å²) in [6.07, 6.45) is 0. The molecule has 19 heavy (non-hydrogen) atoms. The van der Waals surface area contributed by atoms with E-state index in [9.17, 15) is 4.79 Å². The molecule has 0 fully saturated rings. The minimum absolute atomic E-state index is 0.0613. The molecule has 0 aliphatic heterocycles. The zero-order chi connectivity index (χ0) is 13.5. The second-order valence-electron chi connectivity index (χ2n) is 4.22. The van der Waals surface area contributed by atoms with Crippen molar-refractivity contribution in [1.82, 2.24) is 0 Å². The van der Waals surface area contributed by atoms with E-state index in [1.807, 2.05) is 60.7 Å². The third-order valence-corrected chi connectivity index (χ3v) is 3.20. The molecular formula is C16H16O2S. The van der Waals surface area contributed by atoms with Gasteiger partial charge < -0.3 is 4.74 Å². The average Bonchev–Trinajstić information content (AvgIpc) is 2.49. The van der Waals surface area contributed by atoms with E-state index in [4.69, 9.17) is 4.74 Å². The lowest BCUT2D eigenvalue weighted by Gasteiger charge is -2.17. The number of hydrogen-bond acceptors (Lipinski definition) is 3. The Balaban J connectivity index is 2.21. The second-order valence-corrected chi connectivity index (χ2v) is 4.53. The first kappa shape index (κ1) is 13.7. The number of benzene rings is 2. The Hall–Kier alpha value is -1.74. The van der Waals surface area contributed by atoms with E-state index in [0.717, 1.165) is 11.1 Å². The lowest BCUT2D eigenvalue weighted by molar-refractivity contribution is -0.140. The summed E-state index contributed by atoms with van der Waals surface area (Å²) in [7, 11) is 0. The van der Waals surface area contributed by atoms with Gasteiger partial charge >= 0.3 is 5.97 Å². The van der Waals surface area contributed by atoms with E-state index in [0.29, 0.717) is 6.61 Å². The summed E-state index contributed by atoms with van der Waals surface area (Å²) in [5.41, 5.74) is 2.28. The van der Waals surface area contributed by atoms with Crippen LogP contribution in [0.5, 0.6) is 0 Å². The largest absolute Gasteiger partial charge is 0.464 e. The van der Waals surface area contributed by atoms with Crippen LogP contribution in [0.25, 0.3) is 0 Å².